The van der Waals surface area contributed by atoms with Crippen LogP contribution in [0.5, 0.6) is 5.75 Å². The fourth-order valence-electron chi connectivity index (χ4n) is 3.13. The molecule has 1 aliphatic heterocycles. The second-order valence-corrected chi connectivity index (χ2v) is 7.73. The van der Waals surface area contributed by atoms with E-state index in [2.05, 4.69) is 12.2 Å². The minimum absolute atomic E-state index is 0. The van der Waals surface area contributed by atoms with Gasteiger partial charge >= 0.3 is 0 Å². The molecule has 1 atom stereocenters. The number of ether oxygens (including phenoxy) is 1. The first kappa shape index (κ1) is 20.2. The maximum absolute atomic E-state index is 13.2. The molecule has 1 aromatic rings. The van der Waals surface area contributed by atoms with E-state index in [4.69, 9.17) is 4.74 Å². The SMILES string of the molecule is CCCC1CNCCN1S(=O)(=O)c1cc(C)cc(C)c1OC.Cl. The summed E-state index contributed by atoms with van der Waals surface area (Å²) >= 11 is 0. The molecule has 1 N–H and O–H groups in total. The van der Waals surface area contributed by atoms with Crippen LogP contribution in [0, 0.1) is 13.8 Å². The van der Waals surface area contributed by atoms with Crippen LogP contribution in [0.2, 0.25) is 0 Å². The number of piperazine rings is 1. The number of nitrogens with zero attached hydrogens (tertiary/aromatic N) is 1. The van der Waals surface area contributed by atoms with E-state index in [0.717, 1.165) is 24.0 Å². The molecule has 1 unspecified atom stereocenters. The van der Waals surface area contributed by atoms with Crippen molar-refractivity contribution < 1.29 is 13.2 Å². The second-order valence-electron chi connectivity index (χ2n) is 5.88. The summed E-state index contributed by atoms with van der Waals surface area (Å²) in [6.07, 6.45) is 1.82. The van der Waals surface area contributed by atoms with E-state index in [0.29, 0.717) is 25.4 Å². The van der Waals surface area contributed by atoms with Crippen LogP contribution in [0.15, 0.2) is 17.0 Å². The quantitative estimate of drug-likeness (QED) is 0.874. The molecule has 0 radical (unpaired) electrons. The largest absolute Gasteiger partial charge is 0.495 e. The van der Waals surface area contributed by atoms with E-state index in [1.54, 1.807) is 10.4 Å². The number of hydrogen-bond acceptors (Lipinski definition) is 4. The predicted octanol–water partition coefficient (Wildman–Crippen LogP) is 2.50. The summed E-state index contributed by atoms with van der Waals surface area (Å²) < 4.78 is 33.4. The molecular weight excluding hydrogens is 336 g/mol. The lowest BCUT2D eigenvalue weighted by molar-refractivity contribution is 0.253. The van der Waals surface area contributed by atoms with Crippen molar-refractivity contribution in [2.45, 2.75) is 44.6 Å². The van der Waals surface area contributed by atoms with Gasteiger partial charge in [-0.05, 0) is 37.5 Å². The number of rotatable bonds is 5. The van der Waals surface area contributed by atoms with Gasteiger partial charge in [0.25, 0.3) is 0 Å². The van der Waals surface area contributed by atoms with Crippen molar-refractivity contribution >= 4 is 22.4 Å². The topological polar surface area (TPSA) is 58.6 Å². The normalized spacial score (nSPS) is 19.2. The van der Waals surface area contributed by atoms with Gasteiger partial charge in [0.15, 0.2) is 0 Å². The molecule has 0 saturated carbocycles. The van der Waals surface area contributed by atoms with Gasteiger partial charge in [0.05, 0.1) is 7.11 Å². The molecule has 1 aliphatic rings. The zero-order chi connectivity index (χ0) is 16.3. The van der Waals surface area contributed by atoms with Crippen LogP contribution in [0.25, 0.3) is 0 Å². The lowest BCUT2D eigenvalue weighted by Gasteiger charge is -2.35. The van der Waals surface area contributed by atoms with Gasteiger partial charge in [0.1, 0.15) is 10.6 Å². The van der Waals surface area contributed by atoms with Gasteiger partial charge in [-0.25, -0.2) is 8.42 Å². The highest BCUT2D eigenvalue weighted by Crippen LogP contribution is 2.32. The number of methoxy groups -OCH3 is 1. The van der Waals surface area contributed by atoms with Gasteiger partial charge < -0.3 is 10.1 Å². The molecule has 0 aromatic heterocycles. The molecule has 23 heavy (non-hydrogen) atoms. The van der Waals surface area contributed by atoms with E-state index in [-0.39, 0.29) is 23.3 Å². The number of hydrogen-bond donors (Lipinski definition) is 1. The third-order valence-electron chi connectivity index (χ3n) is 4.09. The molecule has 2 rings (SSSR count). The van der Waals surface area contributed by atoms with Gasteiger partial charge in [0, 0.05) is 25.7 Å². The third kappa shape index (κ3) is 4.18. The molecule has 0 amide bonds. The van der Waals surface area contributed by atoms with E-state index in [9.17, 15) is 8.42 Å². The Bertz CT molecular complexity index is 632. The minimum Gasteiger partial charge on any atom is -0.495 e. The van der Waals surface area contributed by atoms with E-state index < -0.39 is 10.0 Å². The van der Waals surface area contributed by atoms with Crippen LogP contribution < -0.4 is 10.1 Å². The first-order valence-electron chi connectivity index (χ1n) is 7.79. The summed E-state index contributed by atoms with van der Waals surface area (Å²) in [7, 11) is -2.03. The monoisotopic (exact) mass is 362 g/mol. The van der Waals surface area contributed by atoms with Crippen molar-refractivity contribution in [2.24, 2.45) is 0 Å². The smallest absolute Gasteiger partial charge is 0.247 e. The van der Waals surface area contributed by atoms with E-state index >= 15 is 0 Å². The molecule has 1 saturated heterocycles. The number of benzene rings is 1. The molecule has 1 fully saturated rings. The van der Waals surface area contributed by atoms with Crippen molar-refractivity contribution in [3.63, 3.8) is 0 Å². The number of nitrogens with one attached hydrogen (secondary N) is 1. The van der Waals surface area contributed by atoms with E-state index in [1.807, 2.05) is 19.9 Å². The van der Waals surface area contributed by atoms with Crippen molar-refractivity contribution in [3.8, 4) is 5.75 Å². The predicted molar refractivity (Wildman–Crippen MR) is 95.2 cm³/mol. The molecule has 7 heteroatoms. The summed E-state index contributed by atoms with van der Waals surface area (Å²) in [5.74, 6) is 0.458. The summed E-state index contributed by atoms with van der Waals surface area (Å²) in [5.41, 5.74) is 1.78. The summed E-state index contributed by atoms with van der Waals surface area (Å²) in [6, 6.07) is 3.67. The van der Waals surface area contributed by atoms with Crippen LogP contribution in [0.4, 0.5) is 0 Å². The van der Waals surface area contributed by atoms with Crippen LogP contribution in [-0.2, 0) is 10.0 Å². The van der Waals surface area contributed by atoms with Crippen molar-refractivity contribution in [3.05, 3.63) is 23.3 Å². The van der Waals surface area contributed by atoms with E-state index in [1.165, 1.54) is 7.11 Å². The van der Waals surface area contributed by atoms with Gasteiger partial charge in [0.2, 0.25) is 10.0 Å². The Morgan fingerprint density at radius 3 is 2.65 bits per heavy atom. The molecule has 0 spiro atoms. The van der Waals surface area contributed by atoms with Gasteiger partial charge in [-0.3, -0.25) is 0 Å². The average molecular weight is 363 g/mol. The number of aryl methyl sites for hydroxylation is 2. The molecular formula is C16H27ClN2O3S. The minimum atomic E-state index is -3.55. The molecule has 1 heterocycles. The van der Waals surface area contributed by atoms with Crippen LogP contribution in [0.3, 0.4) is 0 Å². The average Bonchev–Trinajstić information content (AvgIpc) is 2.47. The van der Waals surface area contributed by atoms with Gasteiger partial charge in [-0.15, -0.1) is 12.4 Å². The Morgan fingerprint density at radius 2 is 2.04 bits per heavy atom. The highest BCUT2D eigenvalue weighted by atomic mass is 35.5. The molecule has 0 aliphatic carbocycles. The highest BCUT2D eigenvalue weighted by Gasteiger charge is 2.35. The van der Waals surface area contributed by atoms with Crippen LogP contribution >= 0.6 is 12.4 Å². The molecule has 0 bridgehead atoms. The Labute approximate surface area is 145 Å². The lowest BCUT2D eigenvalue weighted by Crippen LogP contribution is -2.53. The Hall–Kier alpha value is -0.820. The lowest BCUT2D eigenvalue weighted by atomic mass is 10.1. The molecule has 5 nitrogen and oxygen atoms in total. The summed E-state index contributed by atoms with van der Waals surface area (Å²) in [6.45, 7) is 7.77. The highest BCUT2D eigenvalue weighted by molar-refractivity contribution is 7.89. The number of sulfonamides is 1. The van der Waals surface area contributed by atoms with Crippen LogP contribution in [-0.4, -0.2) is 45.5 Å². The van der Waals surface area contributed by atoms with Crippen molar-refractivity contribution in [2.75, 3.05) is 26.7 Å². The fraction of sp³-hybridized carbons (Fsp3) is 0.625. The van der Waals surface area contributed by atoms with Crippen molar-refractivity contribution in [1.29, 1.82) is 0 Å². The second kappa shape index (κ2) is 8.33. The van der Waals surface area contributed by atoms with Crippen molar-refractivity contribution in [1.82, 2.24) is 9.62 Å². The van der Waals surface area contributed by atoms with Crippen LogP contribution in [0.1, 0.15) is 30.9 Å². The first-order valence-corrected chi connectivity index (χ1v) is 9.23. The number of halogens is 1. The maximum atomic E-state index is 13.2. The van der Waals surface area contributed by atoms with Gasteiger partial charge in [-0.1, -0.05) is 19.4 Å². The Balaban J connectivity index is 0.00000264. The summed E-state index contributed by atoms with van der Waals surface area (Å²) in [4.78, 5) is 0.288. The Kier molecular flexibility index (Phi) is 7.32. The summed E-state index contributed by atoms with van der Waals surface area (Å²) in [5, 5.41) is 3.29. The molecule has 132 valence electrons. The zero-order valence-electron chi connectivity index (χ0n) is 14.3. The standard InChI is InChI=1S/C16H26N2O3S.ClH/c1-5-6-14-11-17-7-8-18(14)22(19,20)15-10-12(2)9-13(3)16(15)21-4;/h9-10,14,17H,5-8,11H2,1-4H3;1H. The van der Waals surface area contributed by atoms with Gasteiger partial charge in [-0.2, -0.15) is 4.31 Å². The Morgan fingerprint density at radius 1 is 1.35 bits per heavy atom. The zero-order valence-corrected chi connectivity index (χ0v) is 15.9. The first-order chi connectivity index (χ1) is 10.4. The maximum Gasteiger partial charge on any atom is 0.247 e. The fourth-order valence-corrected chi connectivity index (χ4v) is 5.10. The molecule has 1 aromatic carbocycles. The third-order valence-corrected chi connectivity index (χ3v) is 6.05.